The third-order valence-electron chi connectivity index (χ3n) is 3.49. The Labute approximate surface area is 152 Å². The fourth-order valence-corrected chi connectivity index (χ4v) is 4.39. The lowest BCUT2D eigenvalue weighted by Gasteiger charge is -2.17. The summed E-state index contributed by atoms with van der Waals surface area (Å²) in [6, 6.07) is 9.53. The summed E-state index contributed by atoms with van der Waals surface area (Å²) in [5.41, 5.74) is 6.59. The van der Waals surface area contributed by atoms with Gasteiger partial charge in [-0.25, -0.2) is 0 Å². The van der Waals surface area contributed by atoms with Crippen molar-refractivity contribution in [1.82, 2.24) is 10.6 Å². The molecule has 0 aliphatic rings. The summed E-state index contributed by atoms with van der Waals surface area (Å²) in [6.07, 6.45) is 2.09. The van der Waals surface area contributed by atoms with Gasteiger partial charge in [-0.2, -0.15) is 0 Å². The average molecular weight is 370 g/mol. The van der Waals surface area contributed by atoms with Crippen LogP contribution in [-0.4, -0.2) is 42.5 Å². The SMILES string of the molecule is CNC(=O)CCSSC(C)CCN[C@H](Cc1ccccc1)C(N)=O. The fraction of sp³-hybridized carbons (Fsp3) is 0.529. The number of benzene rings is 1. The van der Waals surface area contributed by atoms with Gasteiger partial charge < -0.3 is 16.4 Å². The Morgan fingerprint density at radius 3 is 2.58 bits per heavy atom. The Balaban J connectivity index is 2.22. The van der Waals surface area contributed by atoms with Crippen LogP contribution < -0.4 is 16.4 Å². The molecule has 0 radical (unpaired) electrons. The van der Waals surface area contributed by atoms with Crippen molar-refractivity contribution in [3.63, 3.8) is 0 Å². The Morgan fingerprint density at radius 2 is 1.96 bits per heavy atom. The molecule has 5 nitrogen and oxygen atoms in total. The van der Waals surface area contributed by atoms with Crippen LogP contribution in [0.3, 0.4) is 0 Å². The number of hydrogen-bond acceptors (Lipinski definition) is 5. The zero-order chi connectivity index (χ0) is 17.8. The highest BCUT2D eigenvalue weighted by molar-refractivity contribution is 8.76. The van der Waals surface area contributed by atoms with Gasteiger partial charge in [0, 0.05) is 24.5 Å². The third-order valence-corrected chi connectivity index (χ3v) is 6.46. The van der Waals surface area contributed by atoms with Gasteiger partial charge in [-0.3, -0.25) is 9.59 Å². The monoisotopic (exact) mass is 369 g/mol. The van der Waals surface area contributed by atoms with Crippen LogP contribution in [0.15, 0.2) is 30.3 Å². The van der Waals surface area contributed by atoms with Crippen LogP contribution in [0.25, 0.3) is 0 Å². The van der Waals surface area contributed by atoms with Crippen molar-refractivity contribution in [3.8, 4) is 0 Å². The minimum Gasteiger partial charge on any atom is -0.368 e. The molecule has 0 bridgehead atoms. The van der Waals surface area contributed by atoms with Gasteiger partial charge in [0.05, 0.1) is 6.04 Å². The van der Waals surface area contributed by atoms with Gasteiger partial charge in [0.1, 0.15) is 0 Å². The smallest absolute Gasteiger partial charge is 0.234 e. The quantitative estimate of drug-likeness (QED) is 0.387. The minimum absolute atomic E-state index is 0.0719. The van der Waals surface area contributed by atoms with E-state index in [1.807, 2.05) is 30.3 Å². The van der Waals surface area contributed by atoms with Crippen LogP contribution in [0.1, 0.15) is 25.3 Å². The first kappa shape index (κ1) is 20.9. The van der Waals surface area contributed by atoms with Gasteiger partial charge in [-0.05, 0) is 24.9 Å². The molecule has 1 rings (SSSR count). The van der Waals surface area contributed by atoms with Crippen LogP contribution in [0.5, 0.6) is 0 Å². The maximum Gasteiger partial charge on any atom is 0.234 e. The first-order valence-corrected chi connectivity index (χ1v) is 10.5. The average Bonchev–Trinajstić information content (AvgIpc) is 2.58. The summed E-state index contributed by atoms with van der Waals surface area (Å²) in [5, 5.41) is 6.31. The number of rotatable bonds is 12. The third kappa shape index (κ3) is 9.20. The number of amides is 2. The van der Waals surface area contributed by atoms with Crippen LogP contribution in [0.4, 0.5) is 0 Å². The highest BCUT2D eigenvalue weighted by Crippen LogP contribution is 2.28. The molecule has 1 aromatic carbocycles. The molecule has 0 aliphatic carbocycles. The molecule has 7 heteroatoms. The summed E-state index contributed by atoms with van der Waals surface area (Å²) >= 11 is 0. The van der Waals surface area contributed by atoms with Crippen LogP contribution in [0.2, 0.25) is 0 Å². The molecule has 0 saturated heterocycles. The lowest BCUT2D eigenvalue weighted by molar-refractivity contribution is -0.120. The van der Waals surface area contributed by atoms with Crippen molar-refractivity contribution < 1.29 is 9.59 Å². The molecule has 0 aliphatic heterocycles. The van der Waals surface area contributed by atoms with E-state index in [0.717, 1.165) is 24.3 Å². The van der Waals surface area contributed by atoms with E-state index in [1.54, 1.807) is 28.6 Å². The number of hydrogen-bond donors (Lipinski definition) is 3. The zero-order valence-corrected chi connectivity index (χ0v) is 15.9. The van der Waals surface area contributed by atoms with E-state index in [0.29, 0.717) is 18.1 Å². The first-order chi connectivity index (χ1) is 11.5. The molecule has 0 heterocycles. The molecule has 2 amide bonds. The van der Waals surface area contributed by atoms with Crippen LogP contribution >= 0.6 is 21.6 Å². The standard InChI is InChI=1S/C17H27N3O2S2/c1-13(24-23-11-9-16(21)19-2)8-10-20-15(17(18)22)12-14-6-4-3-5-7-14/h3-7,13,15,20H,8-12H2,1-2H3,(H2,18,22)(H,19,21)/t13?,15-/m1/s1. The molecule has 24 heavy (non-hydrogen) atoms. The van der Waals surface area contributed by atoms with E-state index in [4.69, 9.17) is 5.73 Å². The maximum absolute atomic E-state index is 11.6. The normalized spacial score (nSPS) is 13.2. The van der Waals surface area contributed by atoms with Gasteiger partial charge in [-0.1, -0.05) is 58.8 Å². The minimum atomic E-state index is -0.342. The highest BCUT2D eigenvalue weighted by atomic mass is 33.1. The van der Waals surface area contributed by atoms with Gasteiger partial charge in [-0.15, -0.1) is 0 Å². The molecule has 1 unspecified atom stereocenters. The van der Waals surface area contributed by atoms with Crippen molar-refractivity contribution >= 4 is 33.4 Å². The predicted molar refractivity (Wildman–Crippen MR) is 104 cm³/mol. The Bertz CT molecular complexity index is 500. The van der Waals surface area contributed by atoms with Gasteiger partial charge >= 0.3 is 0 Å². The Kier molecular flexibility index (Phi) is 10.6. The molecule has 0 fully saturated rings. The summed E-state index contributed by atoms with van der Waals surface area (Å²) in [5.74, 6) is 0.557. The maximum atomic E-state index is 11.6. The lowest BCUT2D eigenvalue weighted by Crippen LogP contribution is -2.43. The Morgan fingerprint density at radius 1 is 1.25 bits per heavy atom. The number of nitrogens with two attached hydrogens (primary N) is 1. The van der Waals surface area contributed by atoms with Crippen LogP contribution in [-0.2, 0) is 16.0 Å². The summed E-state index contributed by atoms with van der Waals surface area (Å²) < 4.78 is 0. The Hall–Kier alpha value is -1.18. The molecule has 0 aromatic heterocycles. The molecule has 4 N–H and O–H groups in total. The second-order valence-electron chi connectivity index (χ2n) is 5.54. The summed E-state index contributed by atoms with van der Waals surface area (Å²) in [7, 11) is 5.13. The second kappa shape index (κ2) is 12.2. The molecule has 1 aromatic rings. The number of carbonyl (C=O) groups is 2. The summed E-state index contributed by atoms with van der Waals surface area (Å²) in [4.78, 5) is 22.7. The van der Waals surface area contributed by atoms with E-state index in [1.165, 1.54) is 0 Å². The lowest BCUT2D eigenvalue weighted by atomic mass is 10.1. The fourth-order valence-electron chi connectivity index (χ4n) is 2.06. The van der Waals surface area contributed by atoms with E-state index < -0.39 is 0 Å². The largest absolute Gasteiger partial charge is 0.368 e. The molecule has 2 atom stereocenters. The number of nitrogens with one attached hydrogen (secondary N) is 2. The van der Waals surface area contributed by atoms with E-state index in [-0.39, 0.29) is 17.9 Å². The van der Waals surface area contributed by atoms with Crippen LogP contribution in [0, 0.1) is 0 Å². The van der Waals surface area contributed by atoms with Gasteiger partial charge in [0.15, 0.2) is 0 Å². The van der Waals surface area contributed by atoms with Crippen molar-refractivity contribution in [3.05, 3.63) is 35.9 Å². The highest BCUT2D eigenvalue weighted by Gasteiger charge is 2.15. The van der Waals surface area contributed by atoms with E-state index in [2.05, 4.69) is 17.6 Å². The summed E-state index contributed by atoms with van der Waals surface area (Å²) in [6.45, 7) is 2.89. The van der Waals surface area contributed by atoms with Crippen molar-refractivity contribution in [1.29, 1.82) is 0 Å². The molecule has 0 spiro atoms. The van der Waals surface area contributed by atoms with Gasteiger partial charge in [0.25, 0.3) is 0 Å². The second-order valence-corrected chi connectivity index (χ2v) is 8.47. The molecular weight excluding hydrogens is 342 g/mol. The van der Waals surface area contributed by atoms with Gasteiger partial charge in [0.2, 0.25) is 11.8 Å². The molecule has 134 valence electrons. The number of primary amides is 1. The number of carbonyl (C=O) groups excluding carboxylic acids is 2. The van der Waals surface area contributed by atoms with E-state index >= 15 is 0 Å². The molecular formula is C17H27N3O2S2. The first-order valence-electron chi connectivity index (χ1n) is 8.08. The van der Waals surface area contributed by atoms with Crippen molar-refractivity contribution in [2.24, 2.45) is 5.73 Å². The van der Waals surface area contributed by atoms with Crippen molar-refractivity contribution in [2.45, 2.75) is 37.5 Å². The van der Waals surface area contributed by atoms with Crippen molar-refractivity contribution in [2.75, 3.05) is 19.3 Å². The topological polar surface area (TPSA) is 84.2 Å². The van der Waals surface area contributed by atoms with E-state index in [9.17, 15) is 9.59 Å². The molecule has 0 saturated carbocycles. The zero-order valence-electron chi connectivity index (χ0n) is 14.3. The predicted octanol–water partition coefficient (Wildman–Crippen LogP) is 1.97.